The zero-order valence-corrected chi connectivity index (χ0v) is 13.9. The fourth-order valence-corrected chi connectivity index (χ4v) is 3.23. The summed E-state index contributed by atoms with van der Waals surface area (Å²) >= 11 is 2.17. The van der Waals surface area contributed by atoms with E-state index >= 15 is 0 Å². The minimum absolute atomic E-state index is 0.179. The highest BCUT2D eigenvalue weighted by molar-refractivity contribution is 14.1. The van der Waals surface area contributed by atoms with Crippen LogP contribution in [0.1, 0.15) is 32.1 Å². The van der Waals surface area contributed by atoms with Gasteiger partial charge in [0.2, 0.25) is 0 Å². The largest absolute Gasteiger partial charge is 0.481 e. The molecule has 1 aromatic rings. The van der Waals surface area contributed by atoms with E-state index in [0.29, 0.717) is 18.5 Å². The number of amides is 2. The molecule has 3 N–H and O–H groups in total. The summed E-state index contributed by atoms with van der Waals surface area (Å²) in [7, 11) is 0. The first-order valence-electron chi connectivity index (χ1n) is 7.06. The Balaban J connectivity index is 1.91. The van der Waals surface area contributed by atoms with Crippen molar-refractivity contribution in [1.82, 2.24) is 5.32 Å². The minimum atomic E-state index is -0.809. The highest BCUT2D eigenvalue weighted by atomic mass is 127. The summed E-state index contributed by atoms with van der Waals surface area (Å²) in [4.78, 5) is 23.4. The van der Waals surface area contributed by atoms with Crippen molar-refractivity contribution in [1.29, 1.82) is 0 Å². The molecule has 2 amide bonds. The average Bonchev–Trinajstić information content (AvgIpc) is 2.46. The van der Waals surface area contributed by atoms with E-state index in [1.807, 2.05) is 18.2 Å². The normalized spacial score (nSPS) is 17.0. The van der Waals surface area contributed by atoms with Crippen LogP contribution in [-0.2, 0) is 4.79 Å². The van der Waals surface area contributed by atoms with E-state index in [0.717, 1.165) is 22.8 Å². The second-order valence-electron chi connectivity index (χ2n) is 5.46. The Hall–Kier alpha value is -1.31. The van der Waals surface area contributed by atoms with E-state index in [2.05, 4.69) is 33.2 Å². The van der Waals surface area contributed by atoms with Crippen LogP contribution in [0.15, 0.2) is 24.3 Å². The molecule has 5 nitrogen and oxygen atoms in total. The molecule has 0 heterocycles. The Morgan fingerprint density at radius 1 is 1.24 bits per heavy atom. The first-order chi connectivity index (χ1) is 10.0. The molecular formula is C15H19IN2O3. The van der Waals surface area contributed by atoms with Crippen LogP contribution >= 0.6 is 22.6 Å². The lowest BCUT2D eigenvalue weighted by atomic mass is 9.74. The third kappa shape index (κ3) is 4.33. The molecule has 0 bridgehead atoms. The number of carboxylic acid groups (broad SMARTS) is 1. The molecule has 114 valence electrons. The molecule has 0 aliphatic heterocycles. The number of halogens is 1. The number of nitrogens with one attached hydrogen (secondary N) is 2. The van der Waals surface area contributed by atoms with E-state index in [1.54, 1.807) is 6.07 Å². The second kappa shape index (κ2) is 7.11. The number of urea groups is 1. The smallest absolute Gasteiger partial charge is 0.319 e. The minimum Gasteiger partial charge on any atom is -0.481 e. The van der Waals surface area contributed by atoms with Gasteiger partial charge in [0.25, 0.3) is 0 Å². The van der Waals surface area contributed by atoms with E-state index in [9.17, 15) is 14.7 Å². The Bertz CT molecular complexity index is 527. The summed E-state index contributed by atoms with van der Waals surface area (Å²) in [5.74, 6) is -0.809. The zero-order chi connectivity index (χ0) is 15.3. The van der Waals surface area contributed by atoms with E-state index < -0.39 is 11.4 Å². The number of carbonyl (C=O) groups excluding carboxylic acids is 1. The number of anilines is 1. The van der Waals surface area contributed by atoms with Gasteiger partial charge in [-0.25, -0.2) is 4.79 Å². The summed E-state index contributed by atoms with van der Waals surface area (Å²) in [6.45, 7) is 0.179. The van der Waals surface area contributed by atoms with Crippen LogP contribution in [0.25, 0.3) is 0 Å². The van der Waals surface area contributed by atoms with Gasteiger partial charge in [-0.05, 0) is 53.6 Å². The highest BCUT2D eigenvalue weighted by Gasteiger charge is 2.39. The summed E-state index contributed by atoms with van der Waals surface area (Å²) in [5, 5.41) is 14.9. The lowest BCUT2D eigenvalue weighted by molar-refractivity contribution is -0.150. The third-order valence-electron chi connectivity index (χ3n) is 3.93. The van der Waals surface area contributed by atoms with Gasteiger partial charge in [0.15, 0.2) is 0 Å². The first-order valence-corrected chi connectivity index (χ1v) is 8.14. The van der Waals surface area contributed by atoms with E-state index in [1.165, 1.54) is 0 Å². The number of carbonyl (C=O) groups is 2. The van der Waals surface area contributed by atoms with E-state index in [-0.39, 0.29) is 12.6 Å². The van der Waals surface area contributed by atoms with Crippen molar-refractivity contribution < 1.29 is 14.7 Å². The molecule has 1 aliphatic carbocycles. The number of carboxylic acids is 1. The van der Waals surface area contributed by atoms with Gasteiger partial charge in [-0.2, -0.15) is 0 Å². The maximum Gasteiger partial charge on any atom is 0.319 e. The molecule has 1 fully saturated rings. The fraction of sp³-hybridized carbons (Fsp3) is 0.467. The molecule has 0 aromatic heterocycles. The number of hydrogen-bond acceptors (Lipinski definition) is 2. The highest BCUT2D eigenvalue weighted by Crippen LogP contribution is 2.36. The van der Waals surface area contributed by atoms with Gasteiger partial charge in [-0.15, -0.1) is 0 Å². The molecular weight excluding hydrogens is 383 g/mol. The molecule has 0 atom stereocenters. The summed E-state index contributed by atoms with van der Waals surface area (Å²) < 4.78 is 1.03. The third-order valence-corrected chi connectivity index (χ3v) is 4.61. The fourth-order valence-electron chi connectivity index (χ4n) is 2.69. The maximum atomic E-state index is 11.9. The van der Waals surface area contributed by atoms with Gasteiger partial charge in [-0.1, -0.05) is 25.3 Å². The monoisotopic (exact) mass is 402 g/mol. The van der Waals surface area contributed by atoms with Gasteiger partial charge < -0.3 is 15.7 Å². The van der Waals surface area contributed by atoms with Crippen molar-refractivity contribution in [2.75, 3.05) is 11.9 Å². The van der Waals surface area contributed by atoms with Gasteiger partial charge in [0.05, 0.1) is 5.41 Å². The summed E-state index contributed by atoms with van der Waals surface area (Å²) in [6, 6.07) is 7.09. The second-order valence-corrected chi connectivity index (χ2v) is 6.71. The van der Waals surface area contributed by atoms with Crippen molar-refractivity contribution in [3.63, 3.8) is 0 Å². The predicted octanol–water partition coefficient (Wildman–Crippen LogP) is 3.45. The van der Waals surface area contributed by atoms with Gasteiger partial charge in [0.1, 0.15) is 0 Å². The van der Waals surface area contributed by atoms with Crippen LogP contribution < -0.4 is 10.6 Å². The van der Waals surface area contributed by atoms with Crippen LogP contribution in [0.5, 0.6) is 0 Å². The number of benzene rings is 1. The lowest BCUT2D eigenvalue weighted by Gasteiger charge is -2.33. The van der Waals surface area contributed by atoms with Crippen LogP contribution in [0, 0.1) is 8.99 Å². The topological polar surface area (TPSA) is 78.4 Å². The SMILES string of the molecule is O=C(NCC1(C(=O)O)CCCCC1)Nc1cccc(I)c1. The summed E-state index contributed by atoms with van der Waals surface area (Å²) in [5.41, 5.74) is -0.104. The molecule has 0 saturated heterocycles. The molecule has 2 rings (SSSR count). The van der Waals surface area contributed by atoms with Crippen molar-refractivity contribution in [2.45, 2.75) is 32.1 Å². The van der Waals surface area contributed by atoms with Crippen molar-refractivity contribution in [2.24, 2.45) is 5.41 Å². The maximum absolute atomic E-state index is 11.9. The molecule has 0 unspecified atom stereocenters. The van der Waals surface area contributed by atoms with Crippen LogP contribution in [0.2, 0.25) is 0 Å². The van der Waals surface area contributed by atoms with Crippen LogP contribution in [0.3, 0.4) is 0 Å². The van der Waals surface area contributed by atoms with Crippen molar-refractivity contribution in [3.05, 3.63) is 27.8 Å². The lowest BCUT2D eigenvalue weighted by Crippen LogP contribution is -2.45. The molecule has 6 heteroatoms. The molecule has 1 aromatic carbocycles. The molecule has 1 saturated carbocycles. The standard InChI is InChI=1S/C15H19IN2O3/c16-11-5-4-6-12(9-11)18-14(21)17-10-15(13(19)20)7-2-1-3-8-15/h4-6,9H,1-3,7-8,10H2,(H,19,20)(H2,17,18,21). The number of rotatable bonds is 4. The Labute approximate surface area is 137 Å². The van der Waals surface area contributed by atoms with Crippen LogP contribution in [0.4, 0.5) is 10.5 Å². The quantitative estimate of drug-likeness (QED) is 0.676. The Morgan fingerprint density at radius 2 is 1.95 bits per heavy atom. The Kier molecular flexibility index (Phi) is 5.44. The van der Waals surface area contributed by atoms with E-state index in [4.69, 9.17) is 0 Å². The first kappa shape index (κ1) is 16.1. The van der Waals surface area contributed by atoms with Gasteiger partial charge in [-0.3, -0.25) is 4.79 Å². The summed E-state index contributed by atoms with van der Waals surface area (Å²) in [6.07, 6.45) is 4.15. The van der Waals surface area contributed by atoms with Gasteiger partial charge in [0, 0.05) is 15.8 Å². The molecule has 0 radical (unpaired) electrons. The van der Waals surface area contributed by atoms with Crippen LogP contribution in [-0.4, -0.2) is 23.7 Å². The van der Waals surface area contributed by atoms with Crippen molar-refractivity contribution in [3.8, 4) is 0 Å². The number of hydrogen-bond donors (Lipinski definition) is 3. The van der Waals surface area contributed by atoms with Gasteiger partial charge >= 0.3 is 12.0 Å². The number of aliphatic carboxylic acids is 1. The van der Waals surface area contributed by atoms with Crippen molar-refractivity contribution >= 4 is 40.3 Å². The average molecular weight is 402 g/mol. The zero-order valence-electron chi connectivity index (χ0n) is 11.7. The Morgan fingerprint density at radius 3 is 2.57 bits per heavy atom. The molecule has 0 spiro atoms. The predicted molar refractivity (Wildman–Crippen MR) is 89.3 cm³/mol. The molecule has 1 aliphatic rings. The molecule has 21 heavy (non-hydrogen) atoms.